The summed E-state index contributed by atoms with van der Waals surface area (Å²) in [5, 5.41) is 11.8. The summed E-state index contributed by atoms with van der Waals surface area (Å²) in [5.41, 5.74) is 8.88. The van der Waals surface area contributed by atoms with Crippen molar-refractivity contribution in [2.45, 2.75) is 6.92 Å². The summed E-state index contributed by atoms with van der Waals surface area (Å²) in [7, 11) is 0. The van der Waals surface area contributed by atoms with Gasteiger partial charge in [-0.15, -0.1) is 0 Å². The summed E-state index contributed by atoms with van der Waals surface area (Å²) >= 11 is 0. The number of fused-ring (bicyclic) bond motifs is 2. The molecule has 3 heterocycles. The maximum Gasteiger partial charge on any atom is 0.159 e. The van der Waals surface area contributed by atoms with Gasteiger partial charge >= 0.3 is 0 Å². The van der Waals surface area contributed by atoms with Gasteiger partial charge < -0.3 is 10.3 Å². The van der Waals surface area contributed by atoms with E-state index in [1.165, 1.54) is 12.1 Å². The third-order valence-corrected chi connectivity index (χ3v) is 6.88. The molecule has 0 amide bonds. The molecule has 41 heavy (non-hydrogen) atoms. The van der Waals surface area contributed by atoms with Crippen molar-refractivity contribution in [2.24, 2.45) is 0 Å². The lowest BCUT2D eigenvalue weighted by molar-refractivity contribution is 0.628. The maximum atomic E-state index is 14.0. The molecule has 0 aliphatic rings. The molecule has 0 spiro atoms. The molecule has 3 aromatic heterocycles. The van der Waals surface area contributed by atoms with E-state index in [9.17, 15) is 4.39 Å². The second-order valence-corrected chi connectivity index (χ2v) is 9.50. The predicted octanol–water partition coefficient (Wildman–Crippen LogP) is 8.04. The Hall–Kier alpha value is -5.56. The lowest BCUT2D eigenvalue weighted by Crippen LogP contribution is -2.09. The smallest absolute Gasteiger partial charge is 0.159 e. The normalized spacial score (nSPS) is 12.1. The number of halogens is 1. The van der Waals surface area contributed by atoms with Crippen LogP contribution in [0.3, 0.4) is 0 Å². The van der Waals surface area contributed by atoms with E-state index in [0.717, 1.165) is 61.3 Å². The van der Waals surface area contributed by atoms with Crippen LogP contribution in [0.2, 0.25) is 0 Å². The number of rotatable bonds is 8. The van der Waals surface area contributed by atoms with Gasteiger partial charge in [0.15, 0.2) is 5.82 Å². The van der Waals surface area contributed by atoms with Crippen molar-refractivity contribution in [3.63, 3.8) is 0 Å². The lowest BCUT2D eigenvalue weighted by Gasteiger charge is -2.12. The van der Waals surface area contributed by atoms with Gasteiger partial charge in [-0.25, -0.2) is 9.37 Å². The zero-order valence-electron chi connectivity index (χ0n) is 22.4. The molecule has 0 fully saturated rings. The summed E-state index contributed by atoms with van der Waals surface area (Å²) < 4.78 is 14.0. The Morgan fingerprint density at radius 2 is 1.80 bits per heavy atom. The standard InChI is InChI=1S/C34H27FN6/c1-4-22(18-26(5-2)37-21(3)23-11-7-6-8-12-23)30-19-28-31(20-36-30)40-41-33(28)34-38-29-16-10-15-27(32(29)39-34)24-13-9-14-25(35)17-24/h4-20,37H,2-3H2,1H3,(H,38,39)(H,40,41)/b22-4+,26-18+. The van der Waals surface area contributed by atoms with Crippen LogP contribution in [0.4, 0.5) is 4.39 Å². The van der Waals surface area contributed by atoms with Gasteiger partial charge in [0.25, 0.3) is 0 Å². The minimum absolute atomic E-state index is 0.290. The molecule has 0 radical (unpaired) electrons. The largest absolute Gasteiger partial charge is 0.356 e. The number of aromatic amines is 2. The monoisotopic (exact) mass is 538 g/mol. The molecule has 0 aliphatic carbocycles. The molecular formula is C34H27FN6. The first kappa shape index (κ1) is 25.7. The molecule has 7 heteroatoms. The van der Waals surface area contributed by atoms with Crippen molar-refractivity contribution in [3.05, 3.63) is 139 Å². The van der Waals surface area contributed by atoms with E-state index in [1.807, 2.05) is 79.7 Å². The number of aromatic nitrogens is 5. The number of benzene rings is 3. The van der Waals surface area contributed by atoms with Crippen molar-refractivity contribution < 1.29 is 4.39 Å². The minimum Gasteiger partial charge on any atom is -0.356 e. The molecule has 0 aliphatic heterocycles. The van der Waals surface area contributed by atoms with Gasteiger partial charge in [-0.3, -0.25) is 10.1 Å². The van der Waals surface area contributed by atoms with Gasteiger partial charge in [0.1, 0.15) is 11.5 Å². The van der Waals surface area contributed by atoms with Crippen LogP contribution >= 0.6 is 0 Å². The van der Waals surface area contributed by atoms with Crippen LogP contribution in [-0.4, -0.2) is 25.1 Å². The van der Waals surface area contributed by atoms with Gasteiger partial charge in [0.2, 0.25) is 0 Å². The number of nitrogens with zero attached hydrogens (tertiary/aromatic N) is 3. The highest BCUT2D eigenvalue weighted by Gasteiger charge is 2.16. The van der Waals surface area contributed by atoms with Gasteiger partial charge in [-0.2, -0.15) is 5.10 Å². The Morgan fingerprint density at radius 3 is 2.59 bits per heavy atom. The fourth-order valence-electron chi connectivity index (χ4n) is 4.79. The minimum atomic E-state index is -0.290. The van der Waals surface area contributed by atoms with Crippen molar-refractivity contribution in [3.8, 4) is 22.6 Å². The Kier molecular flexibility index (Phi) is 6.83. The van der Waals surface area contributed by atoms with Crippen LogP contribution in [-0.2, 0) is 0 Å². The second-order valence-electron chi connectivity index (χ2n) is 9.50. The molecule has 3 aromatic carbocycles. The quantitative estimate of drug-likeness (QED) is 0.171. The zero-order valence-corrected chi connectivity index (χ0v) is 22.4. The summed E-state index contributed by atoms with van der Waals surface area (Å²) in [6.07, 6.45) is 7.51. The number of pyridine rings is 1. The molecular weight excluding hydrogens is 511 g/mol. The highest BCUT2D eigenvalue weighted by atomic mass is 19.1. The summed E-state index contributed by atoms with van der Waals surface area (Å²) in [4.78, 5) is 13.0. The van der Waals surface area contributed by atoms with E-state index in [0.29, 0.717) is 11.5 Å². The van der Waals surface area contributed by atoms with Crippen molar-refractivity contribution >= 4 is 33.2 Å². The van der Waals surface area contributed by atoms with Crippen LogP contribution in [0.15, 0.2) is 122 Å². The van der Waals surface area contributed by atoms with E-state index in [-0.39, 0.29) is 5.82 Å². The topological polar surface area (TPSA) is 82.3 Å². The summed E-state index contributed by atoms with van der Waals surface area (Å²) in [5.74, 6) is 0.319. The summed E-state index contributed by atoms with van der Waals surface area (Å²) in [6, 6.07) is 24.3. The molecule has 0 saturated heterocycles. The van der Waals surface area contributed by atoms with Crippen LogP contribution < -0.4 is 5.32 Å². The summed E-state index contributed by atoms with van der Waals surface area (Å²) in [6.45, 7) is 10.1. The van der Waals surface area contributed by atoms with E-state index >= 15 is 0 Å². The molecule has 0 atom stereocenters. The zero-order chi connectivity index (χ0) is 28.3. The first-order chi connectivity index (χ1) is 20.0. The van der Waals surface area contributed by atoms with Gasteiger partial charge in [-0.1, -0.05) is 73.8 Å². The number of allylic oxidation sites excluding steroid dienone is 4. The molecule has 0 saturated carbocycles. The maximum absolute atomic E-state index is 14.0. The first-order valence-corrected chi connectivity index (χ1v) is 13.2. The molecule has 6 aromatic rings. The Morgan fingerprint density at radius 1 is 0.976 bits per heavy atom. The molecule has 200 valence electrons. The molecule has 6 rings (SSSR count). The first-order valence-electron chi connectivity index (χ1n) is 13.2. The van der Waals surface area contributed by atoms with Crippen LogP contribution in [0.1, 0.15) is 18.2 Å². The third kappa shape index (κ3) is 5.08. The Balaban J connectivity index is 1.36. The number of hydrogen-bond acceptors (Lipinski definition) is 4. The molecule has 3 N–H and O–H groups in total. The van der Waals surface area contributed by atoms with Crippen LogP contribution in [0.5, 0.6) is 0 Å². The van der Waals surface area contributed by atoms with Crippen molar-refractivity contribution in [1.82, 2.24) is 30.5 Å². The van der Waals surface area contributed by atoms with Crippen LogP contribution in [0, 0.1) is 5.82 Å². The third-order valence-electron chi connectivity index (χ3n) is 6.88. The molecule has 6 nitrogen and oxygen atoms in total. The Bertz CT molecular complexity index is 1980. The molecule has 0 bridgehead atoms. The van der Waals surface area contributed by atoms with E-state index < -0.39 is 0 Å². The fourth-order valence-corrected chi connectivity index (χ4v) is 4.79. The van der Waals surface area contributed by atoms with Crippen LogP contribution in [0.25, 0.3) is 55.9 Å². The van der Waals surface area contributed by atoms with E-state index in [4.69, 9.17) is 4.98 Å². The van der Waals surface area contributed by atoms with E-state index in [2.05, 4.69) is 38.6 Å². The number of para-hydroxylation sites is 1. The number of H-pyrrole nitrogens is 2. The number of imidazole rings is 1. The van der Waals surface area contributed by atoms with E-state index in [1.54, 1.807) is 18.3 Å². The van der Waals surface area contributed by atoms with Gasteiger partial charge in [0, 0.05) is 22.3 Å². The average Bonchev–Trinajstić information content (AvgIpc) is 3.63. The average molecular weight is 539 g/mol. The number of nitrogens with one attached hydrogen (secondary N) is 3. The SMILES string of the molecule is C=C/C(=C\C(=C/C)c1cc2c(-c3nc4c(-c5cccc(F)c5)cccc4[nH]3)n[nH]c2cn1)NC(=C)c1ccccc1. The Labute approximate surface area is 236 Å². The predicted molar refractivity (Wildman–Crippen MR) is 165 cm³/mol. The highest BCUT2D eigenvalue weighted by Crippen LogP contribution is 2.32. The lowest BCUT2D eigenvalue weighted by atomic mass is 10.0. The number of hydrogen-bond donors (Lipinski definition) is 3. The molecule has 0 unspecified atom stereocenters. The second kappa shape index (κ2) is 10.9. The van der Waals surface area contributed by atoms with Gasteiger partial charge in [-0.05, 0) is 60.0 Å². The highest BCUT2D eigenvalue weighted by molar-refractivity contribution is 5.97. The van der Waals surface area contributed by atoms with Gasteiger partial charge in [0.05, 0.1) is 28.4 Å². The fraction of sp³-hybridized carbons (Fsp3) is 0.0294. The van der Waals surface area contributed by atoms with Crippen molar-refractivity contribution in [1.29, 1.82) is 0 Å². The van der Waals surface area contributed by atoms with Crippen molar-refractivity contribution in [2.75, 3.05) is 0 Å².